The molecule has 0 spiro atoms. The van der Waals surface area contributed by atoms with Crippen molar-refractivity contribution in [3.05, 3.63) is 11.9 Å². The van der Waals surface area contributed by atoms with E-state index >= 15 is 0 Å². The standard InChI is InChI=1S/C14H22N6O/c1-3-12-11-10-19(2)18-13(11)17-14(16-12)15-4-5-20-6-8-21-9-7-20/h10H,3-9H2,1-2H3,(H,15,17,18). The molecule has 1 aliphatic heterocycles. The van der Waals surface area contributed by atoms with Crippen molar-refractivity contribution in [1.29, 1.82) is 0 Å². The van der Waals surface area contributed by atoms with Gasteiger partial charge in [0.15, 0.2) is 5.65 Å². The predicted molar refractivity (Wildman–Crippen MR) is 81.4 cm³/mol. The molecule has 0 bridgehead atoms. The Kier molecular flexibility index (Phi) is 4.31. The second-order valence-electron chi connectivity index (χ2n) is 5.27. The zero-order valence-electron chi connectivity index (χ0n) is 12.7. The second kappa shape index (κ2) is 6.36. The van der Waals surface area contributed by atoms with E-state index in [4.69, 9.17) is 4.74 Å². The molecule has 1 N–H and O–H groups in total. The van der Waals surface area contributed by atoms with Crippen molar-refractivity contribution >= 4 is 17.0 Å². The molecule has 2 aromatic rings. The Balaban J connectivity index is 1.65. The quantitative estimate of drug-likeness (QED) is 0.873. The Hall–Kier alpha value is -1.73. The third-order valence-electron chi connectivity index (χ3n) is 3.72. The van der Waals surface area contributed by atoms with Crippen LogP contribution in [0.15, 0.2) is 6.20 Å². The Morgan fingerprint density at radius 3 is 2.86 bits per heavy atom. The van der Waals surface area contributed by atoms with Gasteiger partial charge < -0.3 is 10.1 Å². The molecule has 0 atom stereocenters. The van der Waals surface area contributed by atoms with Gasteiger partial charge in [0.05, 0.1) is 24.3 Å². The molecule has 0 unspecified atom stereocenters. The Morgan fingerprint density at radius 1 is 1.29 bits per heavy atom. The van der Waals surface area contributed by atoms with E-state index in [0.717, 1.165) is 62.5 Å². The molecule has 21 heavy (non-hydrogen) atoms. The summed E-state index contributed by atoms with van der Waals surface area (Å²) in [5.41, 5.74) is 1.81. The number of hydrogen-bond acceptors (Lipinski definition) is 6. The van der Waals surface area contributed by atoms with Crippen molar-refractivity contribution in [3.8, 4) is 0 Å². The topological polar surface area (TPSA) is 68.1 Å². The second-order valence-corrected chi connectivity index (χ2v) is 5.27. The average molecular weight is 290 g/mol. The monoisotopic (exact) mass is 290 g/mol. The number of fused-ring (bicyclic) bond motifs is 1. The van der Waals surface area contributed by atoms with Crippen LogP contribution in [0.1, 0.15) is 12.6 Å². The molecule has 2 aromatic heterocycles. The summed E-state index contributed by atoms with van der Waals surface area (Å²) in [4.78, 5) is 11.5. The molecule has 7 heteroatoms. The molecule has 3 rings (SSSR count). The molecule has 0 amide bonds. The minimum Gasteiger partial charge on any atom is -0.379 e. The van der Waals surface area contributed by atoms with Crippen LogP contribution in [0.25, 0.3) is 11.0 Å². The number of rotatable bonds is 5. The van der Waals surface area contributed by atoms with Crippen LogP contribution in [0.4, 0.5) is 5.95 Å². The van der Waals surface area contributed by atoms with Gasteiger partial charge in [-0.1, -0.05) is 6.92 Å². The SMILES string of the molecule is CCc1nc(NCCN2CCOCC2)nc2nn(C)cc12. The van der Waals surface area contributed by atoms with Gasteiger partial charge in [0, 0.05) is 39.4 Å². The first kappa shape index (κ1) is 14.2. The van der Waals surface area contributed by atoms with Crippen molar-refractivity contribution in [2.45, 2.75) is 13.3 Å². The van der Waals surface area contributed by atoms with Crippen molar-refractivity contribution in [3.63, 3.8) is 0 Å². The minimum absolute atomic E-state index is 0.673. The Morgan fingerprint density at radius 2 is 2.10 bits per heavy atom. The van der Waals surface area contributed by atoms with E-state index in [-0.39, 0.29) is 0 Å². The molecule has 3 heterocycles. The molecule has 0 aromatic carbocycles. The van der Waals surface area contributed by atoms with E-state index in [1.54, 1.807) is 4.68 Å². The molecule has 114 valence electrons. The van der Waals surface area contributed by atoms with Crippen LogP contribution in [-0.2, 0) is 18.2 Å². The van der Waals surface area contributed by atoms with Crippen molar-refractivity contribution in [2.24, 2.45) is 7.05 Å². The first-order valence-electron chi connectivity index (χ1n) is 7.50. The summed E-state index contributed by atoms with van der Waals surface area (Å²) in [6.45, 7) is 7.58. The summed E-state index contributed by atoms with van der Waals surface area (Å²) >= 11 is 0. The van der Waals surface area contributed by atoms with Gasteiger partial charge in [-0.2, -0.15) is 10.1 Å². The lowest BCUT2D eigenvalue weighted by Crippen LogP contribution is -2.39. The summed E-state index contributed by atoms with van der Waals surface area (Å²) < 4.78 is 7.14. The van der Waals surface area contributed by atoms with E-state index in [0.29, 0.717) is 5.95 Å². The molecule has 1 fully saturated rings. The number of aryl methyl sites for hydroxylation is 2. The van der Waals surface area contributed by atoms with E-state index < -0.39 is 0 Å². The lowest BCUT2D eigenvalue weighted by molar-refractivity contribution is 0.0398. The molecule has 0 radical (unpaired) electrons. The summed E-state index contributed by atoms with van der Waals surface area (Å²) in [5, 5.41) is 8.73. The van der Waals surface area contributed by atoms with Crippen LogP contribution in [0.5, 0.6) is 0 Å². The van der Waals surface area contributed by atoms with Crippen LogP contribution in [0, 0.1) is 0 Å². The molecule has 1 saturated heterocycles. The fourth-order valence-corrected chi connectivity index (χ4v) is 2.58. The third kappa shape index (κ3) is 3.30. The molecule has 0 saturated carbocycles. The highest BCUT2D eigenvalue weighted by molar-refractivity contribution is 5.77. The number of nitrogens with one attached hydrogen (secondary N) is 1. The third-order valence-corrected chi connectivity index (χ3v) is 3.72. The van der Waals surface area contributed by atoms with Gasteiger partial charge in [-0.15, -0.1) is 0 Å². The van der Waals surface area contributed by atoms with Gasteiger partial charge in [0.2, 0.25) is 5.95 Å². The van der Waals surface area contributed by atoms with E-state index in [1.165, 1.54) is 0 Å². The maximum Gasteiger partial charge on any atom is 0.225 e. The maximum atomic E-state index is 5.35. The summed E-state index contributed by atoms with van der Waals surface area (Å²) in [6.07, 6.45) is 2.86. The summed E-state index contributed by atoms with van der Waals surface area (Å²) in [7, 11) is 1.91. The summed E-state index contributed by atoms with van der Waals surface area (Å²) in [5.74, 6) is 0.673. The fourth-order valence-electron chi connectivity index (χ4n) is 2.58. The van der Waals surface area contributed by atoms with Crippen molar-refractivity contribution < 1.29 is 4.74 Å². The highest BCUT2D eigenvalue weighted by Crippen LogP contribution is 2.16. The number of ether oxygens (including phenoxy) is 1. The maximum absolute atomic E-state index is 5.35. The first-order chi connectivity index (χ1) is 10.3. The lowest BCUT2D eigenvalue weighted by Gasteiger charge is -2.26. The Labute approximate surface area is 124 Å². The zero-order valence-corrected chi connectivity index (χ0v) is 12.7. The van der Waals surface area contributed by atoms with Gasteiger partial charge in [-0.25, -0.2) is 4.98 Å². The fraction of sp³-hybridized carbons (Fsp3) is 0.643. The molecular weight excluding hydrogens is 268 g/mol. The van der Waals surface area contributed by atoms with Crippen LogP contribution >= 0.6 is 0 Å². The molecule has 1 aliphatic rings. The van der Waals surface area contributed by atoms with E-state index in [9.17, 15) is 0 Å². The van der Waals surface area contributed by atoms with Crippen LogP contribution in [-0.4, -0.2) is 64.0 Å². The van der Waals surface area contributed by atoms with Gasteiger partial charge in [-0.3, -0.25) is 9.58 Å². The minimum atomic E-state index is 0.673. The lowest BCUT2D eigenvalue weighted by atomic mass is 10.2. The van der Waals surface area contributed by atoms with Crippen LogP contribution < -0.4 is 5.32 Å². The number of nitrogens with zero attached hydrogens (tertiary/aromatic N) is 5. The van der Waals surface area contributed by atoms with Crippen LogP contribution in [0.2, 0.25) is 0 Å². The van der Waals surface area contributed by atoms with E-state index in [1.807, 2.05) is 13.2 Å². The van der Waals surface area contributed by atoms with Crippen molar-refractivity contribution in [1.82, 2.24) is 24.6 Å². The first-order valence-corrected chi connectivity index (χ1v) is 7.50. The van der Waals surface area contributed by atoms with E-state index in [2.05, 4.69) is 32.2 Å². The van der Waals surface area contributed by atoms with Gasteiger partial charge in [0.1, 0.15) is 0 Å². The van der Waals surface area contributed by atoms with Crippen LogP contribution in [0.3, 0.4) is 0 Å². The number of morpholine rings is 1. The highest BCUT2D eigenvalue weighted by Gasteiger charge is 2.11. The van der Waals surface area contributed by atoms with Crippen molar-refractivity contribution in [2.75, 3.05) is 44.7 Å². The summed E-state index contributed by atoms with van der Waals surface area (Å²) in [6, 6.07) is 0. The molecule has 0 aliphatic carbocycles. The predicted octanol–water partition coefficient (Wildman–Crippen LogP) is 0.670. The number of hydrogen-bond donors (Lipinski definition) is 1. The Bertz CT molecular complexity index is 605. The number of aromatic nitrogens is 4. The van der Waals surface area contributed by atoms with Gasteiger partial charge >= 0.3 is 0 Å². The smallest absolute Gasteiger partial charge is 0.225 e. The molecular formula is C14H22N6O. The highest BCUT2D eigenvalue weighted by atomic mass is 16.5. The van der Waals surface area contributed by atoms with Gasteiger partial charge in [-0.05, 0) is 6.42 Å². The normalized spacial score (nSPS) is 16.5. The largest absolute Gasteiger partial charge is 0.379 e. The van der Waals surface area contributed by atoms with Gasteiger partial charge in [0.25, 0.3) is 0 Å². The molecule has 7 nitrogen and oxygen atoms in total. The average Bonchev–Trinajstić information content (AvgIpc) is 2.87. The zero-order chi connectivity index (χ0) is 14.7. The number of anilines is 1.